The highest BCUT2D eigenvalue weighted by molar-refractivity contribution is 5.85. The van der Waals surface area contributed by atoms with Crippen molar-refractivity contribution in [3.05, 3.63) is 77.1 Å². The Morgan fingerprint density at radius 2 is 1.74 bits per heavy atom. The van der Waals surface area contributed by atoms with Gasteiger partial charge in [-0.15, -0.1) is 17.5 Å². The monoisotopic (exact) mass is 536 g/mol. The van der Waals surface area contributed by atoms with Gasteiger partial charge >= 0.3 is 0 Å². The Balaban J connectivity index is 0.00000400. The summed E-state index contributed by atoms with van der Waals surface area (Å²) in [6, 6.07) is 17.8. The summed E-state index contributed by atoms with van der Waals surface area (Å²) in [5.74, 6) is 0.533. The highest BCUT2D eigenvalue weighted by Crippen LogP contribution is 2.28. The molecule has 3 heterocycles. The number of aryl methyl sites for hydroxylation is 3. The van der Waals surface area contributed by atoms with Crippen molar-refractivity contribution in [2.24, 2.45) is 0 Å². The van der Waals surface area contributed by atoms with Gasteiger partial charge in [-0.2, -0.15) is 5.10 Å². The Hall–Kier alpha value is -2.34. The molecule has 4 rings (SSSR count). The van der Waals surface area contributed by atoms with Gasteiger partial charge in [0.05, 0.1) is 18.0 Å². The molecule has 1 saturated heterocycles. The average Bonchev–Trinajstić information content (AvgIpc) is 3.40. The number of pyridine rings is 1. The molecule has 1 N–H and O–H groups in total. The highest BCUT2D eigenvalue weighted by atomic mass is 35.5. The Bertz CT molecular complexity index is 1060. The number of aromatic nitrogens is 3. The lowest BCUT2D eigenvalue weighted by Gasteiger charge is -2.20. The molecular formula is C32H45ClN4O. The van der Waals surface area contributed by atoms with E-state index in [4.69, 9.17) is 4.74 Å². The third-order valence-corrected chi connectivity index (χ3v) is 7.51. The van der Waals surface area contributed by atoms with Crippen molar-refractivity contribution in [1.82, 2.24) is 20.5 Å². The number of rotatable bonds is 15. The second kappa shape index (κ2) is 16.6. The van der Waals surface area contributed by atoms with Gasteiger partial charge in [0.1, 0.15) is 5.69 Å². The van der Waals surface area contributed by atoms with Gasteiger partial charge < -0.3 is 10.1 Å². The lowest BCUT2D eigenvalue weighted by molar-refractivity contribution is 0.110. The van der Waals surface area contributed by atoms with Crippen LogP contribution in [0.3, 0.4) is 0 Å². The van der Waals surface area contributed by atoms with Crippen molar-refractivity contribution in [2.75, 3.05) is 19.8 Å². The second-order valence-corrected chi connectivity index (χ2v) is 10.5. The van der Waals surface area contributed by atoms with Gasteiger partial charge in [-0.25, -0.2) is 0 Å². The fourth-order valence-corrected chi connectivity index (χ4v) is 5.41. The van der Waals surface area contributed by atoms with Crippen molar-refractivity contribution < 1.29 is 4.74 Å². The Kier molecular flexibility index (Phi) is 13.2. The van der Waals surface area contributed by atoms with Crippen LogP contribution in [0, 0.1) is 6.92 Å². The summed E-state index contributed by atoms with van der Waals surface area (Å²) in [4.78, 5) is 4.46. The highest BCUT2D eigenvalue weighted by Gasteiger charge is 2.28. The van der Waals surface area contributed by atoms with E-state index in [0.717, 1.165) is 49.7 Å². The van der Waals surface area contributed by atoms with Crippen molar-refractivity contribution in [3.8, 4) is 11.4 Å². The molecule has 2 atom stereocenters. The number of nitrogens with zero attached hydrogens (tertiary/aromatic N) is 3. The molecule has 206 valence electrons. The maximum Gasteiger partial charge on any atom is 0.115 e. The zero-order valence-corrected chi connectivity index (χ0v) is 24.0. The Morgan fingerprint density at radius 3 is 2.53 bits per heavy atom. The summed E-state index contributed by atoms with van der Waals surface area (Å²) in [6.07, 6.45) is 14.2. The number of benzene rings is 1. The van der Waals surface area contributed by atoms with Crippen molar-refractivity contribution in [1.29, 1.82) is 0 Å². The van der Waals surface area contributed by atoms with Crippen LogP contribution in [0.2, 0.25) is 0 Å². The van der Waals surface area contributed by atoms with Gasteiger partial charge in [0.25, 0.3) is 0 Å². The van der Waals surface area contributed by atoms with Gasteiger partial charge in [-0.3, -0.25) is 4.98 Å². The molecule has 2 aromatic heterocycles. The first-order valence-electron chi connectivity index (χ1n) is 14.4. The first-order valence-corrected chi connectivity index (χ1v) is 14.4. The summed E-state index contributed by atoms with van der Waals surface area (Å²) in [7, 11) is 0. The molecule has 1 aliphatic rings. The van der Waals surface area contributed by atoms with E-state index in [9.17, 15) is 0 Å². The molecule has 0 aliphatic carbocycles. The number of ether oxygens (including phenoxy) is 1. The zero-order chi connectivity index (χ0) is 25.7. The minimum absolute atomic E-state index is 0. The van der Waals surface area contributed by atoms with E-state index in [1.54, 1.807) is 6.20 Å². The normalized spacial score (nSPS) is 16.9. The van der Waals surface area contributed by atoms with Crippen LogP contribution in [0.25, 0.3) is 11.4 Å². The topological polar surface area (TPSA) is 59.9 Å². The molecule has 0 spiro atoms. The van der Waals surface area contributed by atoms with Crippen LogP contribution in [-0.4, -0.2) is 41.0 Å². The van der Waals surface area contributed by atoms with Gasteiger partial charge in [-0.05, 0) is 80.5 Å². The maximum absolute atomic E-state index is 6.17. The fourth-order valence-electron chi connectivity index (χ4n) is 5.41. The summed E-state index contributed by atoms with van der Waals surface area (Å²) in [6.45, 7) is 6.83. The molecule has 3 aromatic rings. The van der Waals surface area contributed by atoms with E-state index >= 15 is 0 Å². The first kappa shape index (κ1) is 30.2. The minimum atomic E-state index is 0. The first-order chi connectivity index (χ1) is 18.2. The SMILES string of the molecule is CCCCCCCCc1ccc([C@H]2CCN[C@@H]2COCCCc2cc(C)nnc2-c2ccccn2)cc1.Cl. The number of hydrogen-bond donors (Lipinski definition) is 1. The number of hydrogen-bond acceptors (Lipinski definition) is 5. The van der Waals surface area contributed by atoms with Crippen molar-refractivity contribution >= 4 is 12.4 Å². The summed E-state index contributed by atoms with van der Waals surface area (Å²) in [5.41, 5.74) is 6.80. The predicted octanol–water partition coefficient (Wildman–Crippen LogP) is 7.27. The van der Waals surface area contributed by atoms with Crippen LogP contribution in [0.4, 0.5) is 0 Å². The summed E-state index contributed by atoms with van der Waals surface area (Å²) in [5, 5.41) is 12.4. The number of unbranched alkanes of at least 4 members (excludes halogenated alkanes) is 5. The van der Waals surface area contributed by atoms with E-state index in [1.165, 1.54) is 68.1 Å². The van der Waals surface area contributed by atoms with Crippen LogP contribution in [0.1, 0.15) is 86.6 Å². The summed E-state index contributed by atoms with van der Waals surface area (Å²) < 4.78 is 6.17. The molecule has 1 aromatic carbocycles. The van der Waals surface area contributed by atoms with Crippen LogP contribution in [0.5, 0.6) is 0 Å². The molecule has 1 fully saturated rings. The zero-order valence-electron chi connectivity index (χ0n) is 23.2. The van der Waals surface area contributed by atoms with E-state index in [2.05, 4.69) is 57.8 Å². The predicted molar refractivity (Wildman–Crippen MR) is 159 cm³/mol. The second-order valence-electron chi connectivity index (χ2n) is 10.5. The van der Waals surface area contributed by atoms with Gasteiger partial charge in [-0.1, -0.05) is 69.4 Å². The van der Waals surface area contributed by atoms with Gasteiger partial charge in [0, 0.05) is 24.8 Å². The Morgan fingerprint density at radius 1 is 0.921 bits per heavy atom. The minimum Gasteiger partial charge on any atom is -0.380 e. The molecule has 0 saturated carbocycles. The molecule has 0 bridgehead atoms. The van der Waals surface area contributed by atoms with E-state index in [-0.39, 0.29) is 12.4 Å². The van der Waals surface area contributed by atoms with E-state index in [0.29, 0.717) is 12.0 Å². The van der Waals surface area contributed by atoms with E-state index < -0.39 is 0 Å². The standard InChI is InChI=1S/C32H44N4O.ClH/c1-3-4-5-6-7-8-12-26-15-17-27(18-16-26)29-19-21-34-31(29)24-37-22-11-13-28-23-25(2)35-36-32(28)30-14-9-10-20-33-30;/h9-10,14-18,20,23,29,31,34H,3-8,11-13,19,21-22,24H2,1-2H3;1H/t29-,31-;/m1./s1. The quantitative estimate of drug-likeness (QED) is 0.207. The fraction of sp³-hybridized carbons (Fsp3) is 0.531. The van der Waals surface area contributed by atoms with Gasteiger partial charge in [0.2, 0.25) is 0 Å². The van der Waals surface area contributed by atoms with Crippen molar-refractivity contribution in [3.63, 3.8) is 0 Å². The van der Waals surface area contributed by atoms with Gasteiger partial charge in [0.15, 0.2) is 0 Å². The molecular weight excluding hydrogens is 492 g/mol. The lowest BCUT2D eigenvalue weighted by atomic mass is 9.91. The number of nitrogens with one attached hydrogen (secondary N) is 1. The third-order valence-electron chi connectivity index (χ3n) is 7.51. The van der Waals surface area contributed by atoms with E-state index in [1.807, 2.05) is 25.1 Å². The molecule has 5 nitrogen and oxygen atoms in total. The van der Waals surface area contributed by atoms with Crippen LogP contribution < -0.4 is 5.32 Å². The summed E-state index contributed by atoms with van der Waals surface area (Å²) >= 11 is 0. The number of halogens is 1. The molecule has 0 amide bonds. The molecule has 0 unspecified atom stereocenters. The van der Waals surface area contributed by atoms with Crippen LogP contribution >= 0.6 is 12.4 Å². The lowest BCUT2D eigenvalue weighted by Crippen LogP contribution is -2.31. The third kappa shape index (κ3) is 9.14. The van der Waals surface area contributed by atoms with Crippen molar-refractivity contribution in [2.45, 2.75) is 90.0 Å². The average molecular weight is 537 g/mol. The van der Waals surface area contributed by atoms with Crippen LogP contribution in [-0.2, 0) is 17.6 Å². The smallest absolute Gasteiger partial charge is 0.115 e. The molecule has 0 radical (unpaired) electrons. The Labute approximate surface area is 235 Å². The largest absolute Gasteiger partial charge is 0.380 e. The maximum atomic E-state index is 6.17. The van der Waals surface area contributed by atoms with Crippen LogP contribution in [0.15, 0.2) is 54.7 Å². The molecule has 6 heteroatoms. The molecule has 38 heavy (non-hydrogen) atoms. The molecule has 1 aliphatic heterocycles.